The second-order valence-corrected chi connectivity index (χ2v) is 13.1. The van der Waals surface area contributed by atoms with Gasteiger partial charge in [-0.3, -0.25) is 0 Å². The van der Waals surface area contributed by atoms with Crippen LogP contribution < -0.4 is 16.6 Å². The van der Waals surface area contributed by atoms with Crippen molar-refractivity contribution < 1.29 is 24.4 Å². The molecule has 0 aliphatic heterocycles. The van der Waals surface area contributed by atoms with E-state index in [9.17, 15) is 0 Å². The third kappa shape index (κ3) is 17.6. The number of aliphatic carboxylic acids is 1. The SMILES string of the molecule is CC(=O)[O-].N[C@@H]1CCCC[C@H]1N.[Br][Pt+][Br]. The molecule has 2 atom stereocenters. The molecule has 0 aromatic carbocycles. The zero-order valence-corrected chi connectivity index (χ0v) is 14.0. The van der Waals surface area contributed by atoms with Crippen molar-refractivity contribution in [2.24, 2.45) is 11.5 Å². The third-order valence-electron chi connectivity index (χ3n) is 1.87. The molecule has 1 aliphatic rings. The topological polar surface area (TPSA) is 92.2 Å². The molecule has 1 aliphatic carbocycles. The van der Waals surface area contributed by atoms with Crippen molar-refractivity contribution >= 4 is 32.6 Å². The van der Waals surface area contributed by atoms with Crippen LogP contribution in [0.1, 0.15) is 32.6 Å². The summed E-state index contributed by atoms with van der Waals surface area (Å²) in [6.07, 6.45) is 4.80. The minimum absolute atomic E-state index is 0.208. The molecule has 0 radical (unpaired) electrons. The molecular formula is C8H17Br2N2O2Pt. The molecule has 0 bridgehead atoms. The normalized spacial score (nSPS) is 24.3. The Bertz CT molecular complexity index is 150. The van der Waals surface area contributed by atoms with Crippen LogP contribution in [0.5, 0.6) is 0 Å². The first kappa shape index (κ1) is 18.4. The Morgan fingerprint density at radius 1 is 1.27 bits per heavy atom. The van der Waals surface area contributed by atoms with E-state index < -0.39 is 5.97 Å². The first-order valence-corrected chi connectivity index (χ1v) is 14.4. The van der Waals surface area contributed by atoms with Gasteiger partial charge in [0.15, 0.2) is 0 Å². The molecule has 0 amide bonds. The van der Waals surface area contributed by atoms with Crippen LogP contribution in [-0.2, 0) is 19.2 Å². The zero-order chi connectivity index (χ0) is 12.3. The van der Waals surface area contributed by atoms with Gasteiger partial charge in [0.2, 0.25) is 0 Å². The van der Waals surface area contributed by atoms with Gasteiger partial charge in [0, 0.05) is 18.1 Å². The van der Waals surface area contributed by atoms with Crippen molar-refractivity contribution in [2.75, 3.05) is 0 Å². The molecule has 7 heteroatoms. The van der Waals surface area contributed by atoms with Gasteiger partial charge in [-0.2, -0.15) is 0 Å². The second kappa shape index (κ2) is 13.1. The fraction of sp³-hybridized carbons (Fsp3) is 0.875. The number of carboxylic acids is 1. The molecule has 0 spiro atoms. The van der Waals surface area contributed by atoms with Crippen LogP contribution >= 0.6 is 26.6 Å². The molecule has 0 heterocycles. The van der Waals surface area contributed by atoms with Gasteiger partial charge in [-0.05, 0) is 19.8 Å². The summed E-state index contributed by atoms with van der Waals surface area (Å²) in [5, 5.41) is 8.89. The molecule has 4 nitrogen and oxygen atoms in total. The molecule has 1 saturated carbocycles. The summed E-state index contributed by atoms with van der Waals surface area (Å²) in [5.41, 5.74) is 11.3. The van der Waals surface area contributed by atoms with Gasteiger partial charge in [0.05, 0.1) is 0 Å². The van der Waals surface area contributed by atoms with Crippen molar-refractivity contribution in [3.63, 3.8) is 0 Å². The van der Waals surface area contributed by atoms with Gasteiger partial charge in [-0.1, -0.05) is 12.8 Å². The summed E-state index contributed by atoms with van der Waals surface area (Å²) >= 11 is 6.56. The minimum atomic E-state index is -1.08. The van der Waals surface area contributed by atoms with Crippen LogP contribution in [0, 0.1) is 0 Å². The summed E-state index contributed by atoms with van der Waals surface area (Å²) in [6.45, 7) is 0.972. The molecule has 0 aromatic heterocycles. The van der Waals surface area contributed by atoms with Crippen molar-refractivity contribution in [2.45, 2.75) is 44.7 Å². The first-order chi connectivity index (χ1) is 6.95. The Morgan fingerprint density at radius 2 is 1.47 bits per heavy atom. The van der Waals surface area contributed by atoms with Crippen molar-refractivity contribution in [1.29, 1.82) is 0 Å². The van der Waals surface area contributed by atoms with Gasteiger partial charge in [-0.15, -0.1) is 0 Å². The standard InChI is InChI=1S/C6H14N2.C2H4O2.2BrH.Pt/c7-5-3-1-2-4-6(5)8;1-2(3)4;;;/h5-6H,1-4,7-8H2;1H3,(H,3,4);2*1H;/q;;;;+3/p-3/t5-,6-;;;;/m1..../s1. The van der Waals surface area contributed by atoms with Gasteiger partial charge in [-0.25, -0.2) is 0 Å². The number of carbonyl (C=O) groups excluding carboxylic acids is 1. The van der Waals surface area contributed by atoms with Crippen LogP contribution in [0.15, 0.2) is 0 Å². The molecule has 0 unspecified atom stereocenters. The van der Waals surface area contributed by atoms with Crippen LogP contribution in [0.4, 0.5) is 0 Å². The first-order valence-electron chi connectivity index (χ1n) is 4.46. The maximum absolute atomic E-state index is 8.89. The average molecular weight is 528 g/mol. The summed E-state index contributed by atoms with van der Waals surface area (Å²) in [5.74, 6) is -1.08. The van der Waals surface area contributed by atoms with E-state index in [2.05, 4.69) is 26.6 Å². The Morgan fingerprint density at radius 3 is 1.60 bits per heavy atom. The third-order valence-corrected chi connectivity index (χ3v) is 1.87. The summed E-state index contributed by atoms with van der Waals surface area (Å²) in [4.78, 5) is 8.89. The fourth-order valence-corrected chi connectivity index (χ4v) is 1.19. The summed E-state index contributed by atoms with van der Waals surface area (Å²) in [6, 6.07) is 0.562. The van der Waals surface area contributed by atoms with Gasteiger partial charge in [0.25, 0.3) is 0 Å². The van der Waals surface area contributed by atoms with E-state index in [-0.39, 0.29) is 26.5 Å². The number of carboxylic acid groups (broad SMARTS) is 1. The van der Waals surface area contributed by atoms with Gasteiger partial charge >= 0.3 is 41.0 Å². The van der Waals surface area contributed by atoms with E-state index >= 15 is 0 Å². The quantitative estimate of drug-likeness (QED) is 0.484. The van der Waals surface area contributed by atoms with Gasteiger partial charge < -0.3 is 21.4 Å². The monoisotopic (exact) mass is 526 g/mol. The molecule has 95 valence electrons. The predicted molar refractivity (Wildman–Crippen MR) is 63.0 cm³/mol. The molecule has 1 fully saturated rings. The number of halogens is 2. The van der Waals surface area contributed by atoms with E-state index in [1.807, 2.05) is 0 Å². The number of hydrogen-bond donors (Lipinski definition) is 2. The van der Waals surface area contributed by atoms with Crippen LogP contribution in [-0.4, -0.2) is 18.1 Å². The number of nitrogens with two attached hydrogens (primary N) is 2. The Hall–Kier alpha value is 1.04. The average Bonchev–Trinajstić information content (AvgIpc) is 2.10. The molecule has 15 heavy (non-hydrogen) atoms. The Balaban J connectivity index is 0. The maximum atomic E-state index is 8.89. The van der Waals surface area contributed by atoms with E-state index in [4.69, 9.17) is 21.4 Å². The summed E-state index contributed by atoms with van der Waals surface area (Å²) < 4.78 is 0. The van der Waals surface area contributed by atoms with Crippen LogP contribution in [0.2, 0.25) is 0 Å². The van der Waals surface area contributed by atoms with Crippen molar-refractivity contribution in [3.8, 4) is 0 Å². The zero-order valence-electron chi connectivity index (χ0n) is 8.53. The van der Waals surface area contributed by atoms with E-state index in [0.29, 0.717) is 0 Å². The molecular weight excluding hydrogens is 511 g/mol. The molecule has 0 aromatic rings. The molecule has 1 rings (SSSR count). The number of rotatable bonds is 0. The second-order valence-electron chi connectivity index (χ2n) is 3.15. The van der Waals surface area contributed by atoms with Crippen molar-refractivity contribution in [3.05, 3.63) is 0 Å². The van der Waals surface area contributed by atoms with E-state index in [1.165, 1.54) is 12.8 Å². The van der Waals surface area contributed by atoms with Gasteiger partial charge in [0.1, 0.15) is 0 Å². The van der Waals surface area contributed by atoms with E-state index in [1.54, 1.807) is 0 Å². The molecule has 4 N–H and O–H groups in total. The van der Waals surface area contributed by atoms with E-state index in [0.717, 1.165) is 19.8 Å². The fourth-order valence-electron chi connectivity index (χ4n) is 1.19. The number of hydrogen-bond acceptors (Lipinski definition) is 4. The Kier molecular flexibility index (Phi) is 16.1. The van der Waals surface area contributed by atoms with Crippen LogP contribution in [0.3, 0.4) is 0 Å². The number of carbonyl (C=O) groups is 1. The summed E-state index contributed by atoms with van der Waals surface area (Å²) in [7, 11) is 0. The molecule has 0 saturated heterocycles. The van der Waals surface area contributed by atoms with Crippen LogP contribution in [0.25, 0.3) is 0 Å². The Labute approximate surface area is 112 Å². The van der Waals surface area contributed by atoms with Crippen molar-refractivity contribution in [1.82, 2.24) is 0 Å². The predicted octanol–water partition coefficient (Wildman–Crippen LogP) is 0.660.